The molecule has 5 heteroatoms. The molecule has 12 rings (SSSR count). The average molecular weight is 740 g/mol. The highest BCUT2D eigenvalue weighted by atomic mass is 15.1. The number of hydrogen-bond acceptors (Lipinski definition) is 3. The quantitative estimate of drug-likeness (QED) is 0.160. The van der Waals surface area contributed by atoms with Gasteiger partial charge in [-0.2, -0.15) is 0 Å². The van der Waals surface area contributed by atoms with Crippen LogP contribution in [0, 0.1) is 0 Å². The number of nitrogens with zero attached hydrogens (tertiary/aromatic N) is 5. The molecule has 0 N–H and O–H groups in total. The van der Waals surface area contributed by atoms with E-state index in [1.54, 1.807) is 0 Å². The van der Waals surface area contributed by atoms with Crippen molar-refractivity contribution >= 4 is 54.4 Å². The first kappa shape index (κ1) is 32.4. The van der Waals surface area contributed by atoms with Crippen molar-refractivity contribution in [1.29, 1.82) is 0 Å². The van der Waals surface area contributed by atoms with E-state index in [4.69, 9.17) is 15.0 Å². The Labute approximate surface area is 334 Å². The van der Waals surface area contributed by atoms with Gasteiger partial charge in [0.1, 0.15) is 0 Å². The van der Waals surface area contributed by atoms with Gasteiger partial charge in [-0.1, -0.05) is 152 Å². The molecule has 0 saturated carbocycles. The first-order chi connectivity index (χ1) is 28.8. The second-order valence-electron chi connectivity index (χ2n) is 14.9. The van der Waals surface area contributed by atoms with E-state index in [1.165, 1.54) is 54.4 Å². The summed E-state index contributed by atoms with van der Waals surface area (Å²) in [6, 6.07) is 70.9. The van der Waals surface area contributed by atoms with Crippen LogP contribution < -0.4 is 0 Å². The predicted octanol–water partition coefficient (Wildman–Crippen LogP) is 13.3. The molecule has 0 aliphatic rings. The number of rotatable bonds is 6. The molecular formula is C53H33N5. The lowest BCUT2D eigenvalue weighted by Crippen LogP contribution is -2.00. The molecule has 270 valence electrons. The minimum absolute atomic E-state index is 0.634. The zero-order chi connectivity index (χ0) is 38.2. The molecule has 0 amide bonds. The van der Waals surface area contributed by atoms with Crippen molar-refractivity contribution < 1.29 is 0 Å². The van der Waals surface area contributed by atoms with Crippen molar-refractivity contribution in [3.05, 3.63) is 200 Å². The standard InChI is InChI=1S/C53H33N5/c1-4-15-35(16-5-1)51-54-52(36-17-6-2-7-18-36)56-53(55-51)40-22-12-20-37(31-40)38-21-13-25-42(32-38)58-46-28-14-19-34-29-30-39-33-44-43-26-10-11-27-45(43)57(41-23-8-3-9-24-41)49(44)50(58)48(39)47(34)46/h1-33H. The lowest BCUT2D eigenvalue weighted by molar-refractivity contribution is 1.07. The maximum atomic E-state index is 5.03. The van der Waals surface area contributed by atoms with Gasteiger partial charge < -0.3 is 9.13 Å². The average Bonchev–Trinajstić information content (AvgIpc) is 3.83. The van der Waals surface area contributed by atoms with Crippen LogP contribution in [0.2, 0.25) is 0 Å². The Morgan fingerprint density at radius 3 is 1.55 bits per heavy atom. The van der Waals surface area contributed by atoms with Gasteiger partial charge in [0.2, 0.25) is 0 Å². The van der Waals surface area contributed by atoms with Gasteiger partial charge in [-0.3, -0.25) is 0 Å². The Morgan fingerprint density at radius 2 is 0.810 bits per heavy atom. The lowest BCUT2D eigenvalue weighted by atomic mass is 10.00. The van der Waals surface area contributed by atoms with Gasteiger partial charge in [0.05, 0.1) is 22.1 Å². The number of para-hydroxylation sites is 2. The molecule has 0 unspecified atom stereocenters. The molecule has 0 radical (unpaired) electrons. The van der Waals surface area contributed by atoms with Gasteiger partial charge >= 0.3 is 0 Å². The van der Waals surface area contributed by atoms with Crippen LogP contribution in [0.5, 0.6) is 0 Å². The van der Waals surface area contributed by atoms with Crippen molar-refractivity contribution in [3.63, 3.8) is 0 Å². The largest absolute Gasteiger partial charge is 0.307 e. The summed E-state index contributed by atoms with van der Waals surface area (Å²) < 4.78 is 4.94. The van der Waals surface area contributed by atoms with E-state index >= 15 is 0 Å². The molecule has 0 saturated heterocycles. The molecule has 0 fully saturated rings. The van der Waals surface area contributed by atoms with Crippen LogP contribution in [0.25, 0.3) is 111 Å². The van der Waals surface area contributed by atoms with Gasteiger partial charge in [0.15, 0.2) is 17.5 Å². The summed E-state index contributed by atoms with van der Waals surface area (Å²) in [5.74, 6) is 1.93. The first-order valence-electron chi connectivity index (χ1n) is 19.6. The number of fused-ring (bicyclic) bond motifs is 4. The molecule has 12 aromatic rings. The Hall–Kier alpha value is -7.89. The van der Waals surface area contributed by atoms with Crippen LogP contribution in [0.15, 0.2) is 200 Å². The Morgan fingerprint density at radius 1 is 0.293 bits per heavy atom. The molecule has 3 heterocycles. The molecule has 0 aliphatic carbocycles. The summed E-state index contributed by atoms with van der Waals surface area (Å²) in [4.78, 5) is 15.0. The van der Waals surface area contributed by atoms with Gasteiger partial charge in [-0.25, -0.2) is 15.0 Å². The summed E-state index contributed by atoms with van der Waals surface area (Å²) in [5.41, 5.74) is 12.0. The number of benzene rings is 9. The first-order valence-corrected chi connectivity index (χ1v) is 19.6. The fourth-order valence-electron chi connectivity index (χ4n) is 8.91. The van der Waals surface area contributed by atoms with Gasteiger partial charge in [0, 0.05) is 49.6 Å². The van der Waals surface area contributed by atoms with Crippen LogP contribution in [0.4, 0.5) is 0 Å². The smallest absolute Gasteiger partial charge is 0.164 e. The van der Waals surface area contributed by atoms with E-state index in [2.05, 4.69) is 149 Å². The molecule has 9 aromatic carbocycles. The van der Waals surface area contributed by atoms with Crippen molar-refractivity contribution in [2.45, 2.75) is 0 Å². The highest BCUT2D eigenvalue weighted by Crippen LogP contribution is 2.46. The molecule has 0 bridgehead atoms. The van der Waals surface area contributed by atoms with Crippen LogP contribution in [-0.2, 0) is 0 Å². The molecule has 3 aromatic heterocycles. The van der Waals surface area contributed by atoms with Crippen molar-refractivity contribution in [1.82, 2.24) is 24.1 Å². The monoisotopic (exact) mass is 739 g/mol. The molecule has 0 atom stereocenters. The van der Waals surface area contributed by atoms with Gasteiger partial charge in [-0.15, -0.1) is 0 Å². The molecular weight excluding hydrogens is 707 g/mol. The van der Waals surface area contributed by atoms with E-state index in [1.807, 2.05) is 60.7 Å². The number of aromatic nitrogens is 5. The minimum Gasteiger partial charge on any atom is -0.307 e. The van der Waals surface area contributed by atoms with E-state index in [-0.39, 0.29) is 0 Å². The van der Waals surface area contributed by atoms with Crippen molar-refractivity contribution in [2.75, 3.05) is 0 Å². The van der Waals surface area contributed by atoms with Gasteiger partial charge in [-0.05, 0) is 70.4 Å². The third kappa shape index (κ3) is 5.00. The third-order valence-corrected chi connectivity index (χ3v) is 11.5. The zero-order valence-corrected chi connectivity index (χ0v) is 31.3. The summed E-state index contributed by atoms with van der Waals surface area (Å²) in [6.45, 7) is 0. The second-order valence-corrected chi connectivity index (χ2v) is 14.9. The Bertz CT molecular complexity index is 3440. The topological polar surface area (TPSA) is 48.5 Å². The second kappa shape index (κ2) is 12.8. The van der Waals surface area contributed by atoms with E-state index in [9.17, 15) is 0 Å². The third-order valence-electron chi connectivity index (χ3n) is 11.5. The highest BCUT2D eigenvalue weighted by Gasteiger charge is 2.24. The van der Waals surface area contributed by atoms with E-state index in [0.29, 0.717) is 17.5 Å². The molecule has 58 heavy (non-hydrogen) atoms. The Kier molecular flexibility index (Phi) is 7.16. The summed E-state index contributed by atoms with van der Waals surface area (Å²) in [7, 11) is 0. The maximum absolute atomic E-state index is 5.03. The minimum atomic E-state index is 0.634. The van der Waals surface area contributed by atoms with E-state index in [0.717, 1.165) is 39.2 Å². The maximum Gasteiger partial charge on any atom is 0.164 e. The molecule has 0 aliphatic heterocycles. The van der Waals surface area contributed by atoms with Crippen LogP contribution in [0.3, 0.4) is 0 Å². The number of hydrogen-bond donors (Lipinski definition) is 0. The van der Waals surface area contributed by atoms with E-state index < -0.39 is 0 Å². The van der Waals surface area contributed by atoms with Crippen LogP contribution in [-0.4, -0.2) is 24.1 Å². The zero-order valence-electron chi connectivity index (χ0n) is 31.3. The molecule has 0 spiro atoms. The summed E-state index contributed by atoms with van der Waals surface area (Å²) in [6.07, 6.45) is 0. The SMILES string of the molecule is c1ccc(-c2nc(-c3ccccc3)nc(-c3cccc(-c4cccc(-n5c6cccc7ccc8cc9c%10ccccc%10n(-c%10ccccc%10)c9c5c8c76)c4)c3)n2)cc1. The summed E-state index contributed by atoms with van der Waals surface area (Å²) >= 11 is 0. The van der Waals surface area contributed by atoms with Crippen molar-refractivity contribution in [3.8, 4) is 56.7 Å². The van der Waals surface area contributed by atoms with Crippen LogP contribution in [0.1, 0.15) is 0 Å². The fourth-order valence-corrected chi connectivity index (χ4v) is 8.91. The van der Waals surface area contributed by atoms with Gasteiger partial charge in [0.25, 0.3) is 0 Å². The summed E-state index contributed by atoms with van der Waals surface area (Å²) in [5, 5.41) is 7.53. The Balaban J connectivity index is 1.08. The predicted molar refractivity (Wildman–Crippen MR) is 239 cm³/mol. The molecule has 5 nitrogen and oxygen atoms in total. The fraction of sp³-hybridized carbons (Fsp3) is 0. The lowest BCUT2D eigenvalue weighted by Gasteiger charge is -2.14. The highest BCUT2D eigenvalue weighted by molar-refractivity contribution is 6.32. The normalized spacial score (nSPS) is 11.8. The van der Waals surface area contributed by atoms with Crippen molar-refractivity contribution in [2.24, 2.45) is 0 Å². The van der Waals surface area contributed by atoms with Crippen LogP contribution >= 0.6 is 0 Å².